The molecule has 4 rings (SSSR count). The highest BCUT2D eigenvalue weighted by molar-refractivity contribution is 7.98. The maximum Gasteiger partial charge on any atom is 0.261 e. The number of hydrogen-bond acceptors (Lipinski definition) is 4. The summed E-state index contributed by atoms with van der Waals surface area (Å²) >= 11 is 8.04. The molecule has 0 radical (unpaired) electrons. The Balaban J connectivity index is 1.38. The molecule has 0 unspecified atom stereocenters. The van der Waals surface area contributed by atoms with Crippen LogP contribution in [0.5, 0.6) is 0 Å². The molecule has 35 heavy (non-hydrogen) atoms. The second kappa shape index (κ2) is 11.0. The molecule has 0 aromatic heterocycles. The second-order valence-electron chi connectivity index (χ2n) is 7.87. The average Bonchev–Trinajstić information content (AvgIpc) is 2.85. The topological polar surface area (TPSA) is 75.3 Å². The van der Waals surface area contributed by atoms with Crippen LogP contribution in [0, 0.1) is 6.92 Å². The number of thioether (sulfide) groups is 1. The minimum absolute atomic E-state index is 0.127. The lowest BCUT2D eigenvalue weighted by molar-refractivity contribution is 0.102. The lowest BCUT2D eigenvalue weighted by Gasteiger charge is -2.12. The molecule has 178 valence electrons. The lowest BCUT2D eigenvalue weighted by Crippen LogP contribution is -2.15. The number of aryl methyl sites for hydroxylation is 1. The maximum absolute atomic E-state index is 12.7. The van der Waals surface area contributed by atoms with Gasteiger partial charge in [-0.3, -0.25) is 9.52 Å². The molecule has 0 spiro atoms. The van der Waals surface area contributed by atoms with Gasteiger partial charge in [-0.25, -0.2) is 8.42 Å². The number of sulfonamides is 1. The Kier molecular flexibility index (Phi) is 7.80. The van der Waals surface area contributed by atoms with Crippen molar-refractivity contribution in [2.24, 2.45) is 0 Å². The molecular formula is C27H23ClN2O3S2. The number of rotatable bonds is 8. The van der Waals surface area contributed by atoms with E-state index in [4.69, 9.17) is 11.6 Å². The number of amides is 1. The van der Waals surface area contributed by atoms with Crippen LogP contribution in [-0.4, -0.2) is 14.3 Å². The molecule has 0 heterocycles. The van der Waals surface area contributed by atoms with Crippen LogP contribution in [0.1, 0.15) is 21.5 Å². The molecule has 4 aromatic rings. The zero-order valence-electron chi connectivity index (χ0n) is 18.9. The van der Waals surface area contributed by atoms with Gasteiger partial charge in [-0.1, -0.05) is 59.6 Å². The number of halogens is 1. The van der Waals surface area contributed by atoms with E-state index in [0.717, 1.165) is 16.9 Å². The van der Waals surface area contributed by atoms with Gasteiger partial charge in [0.1, 0.15) is 0 Å². The molecule has 0 saturated heterocycles. The standard InChI is InChI=1S/C27H23ClN2O3S2/c1-19-7-14-24(15-8-19)35(32,33)30-26-16-11-21(17-25(26)28)27(31)29-22-12-9-20(10-13-22)18-34-23-5-3-2-4-6-23/h2-17,30H,18H2,1H3,(H,29,31). The fourth-order valence-electron chi connectivity index (χ4n) is 3.23. The van der Waals surface area contributed by atoms with E-state index in [1.807, 2.05) is 49.4 Å². The van der Waals surface area contributed by atoms with E-state index in [2.05, 4.69) is 22.2 Å². The molecule has 8 heteroatoms. The van der Waals surface area contributed by atoms with Crippen LogP contribution in [0.2, 0.25) is 5.02 Å². The molecule has 2 N–H and O–H groups in total. The van der Waals surface area contributed by atoms with Crippen LogP contribution in [0.25, 0.3) is 0 Å². The first-order valence-corrected chi connectivity index (χ1v) is 13.6. The van der Waals surface area contributed by atoms with E-state index in [1.165, 1.54) is 35.2 Å². The third-order valence-electron chi connectivity index (χ3n) is 5.17. The first kappa shape index (κ1) is 24.9. The van der Waals surface area contributed by atoms with Gasteiger partial charge in [-0.05, 0) is 67.1 Å². The predicted octanol–water partition coefficient (Wildman–Crippen LogP) is 6.99. The zero-order chi connectivity index (χ0) is 24.8. The minimum Gasteiger partial charge on any atom is -0.322 e. The van der Waals surface area contributed by atoms with Crippen LogP contribution in [0.4, 0.5) is 11.4 Å². The lowest BCUT2D eigenvalue weighted by atomic mass is 10.2. The number of anilines is 2. The summed E-state index contributed by atoms with van der Waals surface area (Å²) in [6, 6.07) is 28.8. The van der Waals surface area contributed by atoms with E-state index in [1.54, 1.807) is 23.9 Å². The molecule has 0 aliphatic rings. The fraction of sp³-hybridized carbons (Fsp3) is 0.0741. The molecule has 0 fully saturated rings. The smallest absolute Gasteiger partial charge is 0.261 e. The molecule has 0 atom stereocenters. The molecule has 4 aromatic carbocycles. The summed E-state index contributed by atoms with van der Waals surface area (Å²) in [6.45, 7) is 1.88. The van der Waals surface area contributed by atoms with Crippen molar-refractivity contribution in [3.8, 4) is 0 Å². The number of nitrogens with one attached hydrogen (secondary N) is 2. The number of carbonyl (C=O) groups excluding carboxylic acids is 1. The van der Waals surface area contributed by atoms with Crippen LogP contribution in [0.3, 0.4) is 0 Å². The summed E-state index contributed by atoms with van der Waals surface area (Å²) in [5.74, 6) is 0.486. The second-order valence-corrected chi connectivity index (χ2v) is 11.0. The van der Waals surface area contributed by atoms with Gasteiger partial charge in [-0.15, -0.1) is 11.8 Å². The average molecular weight is 523 g/mol. The van der Waals surface area contributed by atoms with Crippen molar-refractivity contribution in [1.29, 1.82) is 0 Å². The van der Waals surface area contributed by atoms with Crippen LogP contribution >= 0.6 is 23.4 Å². The van der Waals surface area contributed by atoms with Gasteiger partial charge in [0.05, 0.1) is 15.6 Å². The van der Waals surface area contributed by atoms with Crippen LogP contribution in [0.15, 0.2) is 107 Å². The van der Waals surface area contributed by atoms with E-state index in [0.29, 0.717) is 11.3 Å². The first-order valence-electron chi connectivity index (χ1n) is 10.8. The highest BCUT2D eigenvalue weighted by Gasteiger charge is 2.17. The SMILES string of the molecule is Cc1ccc(S(=O)(=O)Nc2ccc(C(=O)Nc3ccc(CSc4ccccc4)cc3)cc2Cl)cc1. The number of benzene rings is 4. The third kappa shape index (κ3) is 6.66. The van der Waals surface area contributed by atoms with Crippen molar-refractivity contribution in [3.63, 3.8) is 0 Å². The van der Waals surface area contributed by atoms with Crippen molar-refractivity contribution < 1.29 is 13.2 Å². The van der Waals surface area contributed by atoms with Gasteiger partial charge in [0, 0.05) is 21.9 Å². The summed E-state index contributed by atoms with van der Waals surface area (Å²) in [5, 5.41) is 2.97. The predicted molar refractivity (Wildman–Crippen MR) is 144 cm³/mol. The Bertz CT molecular complexity index is 1420. The summed E-state index contributed by atoms with van der Waals surface area (Å²) in [7, 11) is -3.80. The van der Waals surface area contributed by atoms with Crippen molar-refractivity contribution in [2.45, 2.75) is 22.5 Å². The van der Waals surface area contributed by atoms with Gasteiger partial charge >= 0.3 is 0 Å². The van der Waals surface area contributed by atoms with E-state index in [-0.39, 0.29) is 21.5 Å². The van der Waals surface area contributed by atoms with E-state index in [9.17, 15) is 13.2 Å². The maximum atomic E-state index is 12.7. The van der Waals surface area contributed by atoms with Gasteiger partial charge in [0.25, 0.3) is 15.9 Å². The molecule has 1 amide bonds. The normalized spacial score (nSPS) is 11.1. The fourth-order valence-corrected chi connectivity index (χ4v) is 5.47. The van der Waals surface area contributed by atoms with Crippen molar-refractivity contribution in [2.75, 3.05) is 10.0 Å². The van der Waals surface area contributed by atoms with Crippen molar-refractivity contribution in [3.05, 3.63) is 119 Å². The number of carbonyl (C=O) groups is 1. The molecular weight excluding hydrogens is 500 g/mol. The third-order valence-corrected chi connectivity index (χ3v) is 7.94. The monoisotopic (exact) mass is 522 g/mol. The van der Waals surface area contributed by atoms with Crippen molar-refractivity contribution in [1.82, 2.24) is 0 Å². The summed E-state index contributed by atoms with van der Waals surface area (Å²) in [5.41, 5.74) is 3.27. The molecule has 5 nitrogen and oxygen atoms in total. The van der Waals surface area contributed by atoms with E-state index < -0.39 is 10.0 Å². The Morgan fingerprint density at radius 1 is 0.886 bits per heavy atom. The molecule has 0 aliphatic heterocycles. The molecule has 0 aliphatic carbocycles. The zero-order valence-corrected chi connectivity index (χ0v) is 21.3. The quantitative estimate of drug-likeness (QED) is 0.244. The van der Waals surface area contributed by atoms with Crippen molar-refractivity contribution >= 4 is 50.7 Å². The summed E-state index contributed by atoms with van der Waals surface area (Å²) in [4.78, 5) is 14.0. The highest BCUT2D eigenvalue weighted by Crippen LogP contribution is 2.27. The van der Waals surface area contributed by atoms with Gasteiger partial charge in [0.15, 0.2) is 0 Å². The summed E-state index contributed by atoms with van der Waals surface area (Å²) < 4.78 is 27.7. The highest BCUT2D eigenvalue weighted by atomic mass is 35.5. The minimum atomic E-state index is -3.80. The first-order chi connectivity index (χ1) is 16.8. The Labute approximate surface area is 214 Å². The molecule has 0 saturated carbocycles. The Hall–Kier alpha value is -3.26. The Morgan fingerprint density at radius 2 is 1.57 bits per heavy atom. The van der Waals surface area contributed by atoms with Gasteiger partial charge < -0.3 is 5.32 Å². The van der Waals surface area contributed by atoms with Gasteiger partial charge in [0.2, 0.25) is 0 Å². The Morgan fingerprint density at radius 3 is 2.23 bits per heavy atom. The molecule has 0 bridgehead atoms. The van der Waals surface area contributed by atoms with Crippen LogP contribution < -0.4 is 10.0 Å². The van der Waals surface area contributed by atoms with E-state index >= 15 is 0 Å². The largest absolute Gasteiger partial charge is 0.322 e. The summed E-state index contributed by atoms with van der Waals surface area (Å²) in [6.07, 6.45) is 0. The number of hydrogen-bond donors (Lipinski definition) is 2. The van der Waals surface area contributed by atoms with Crippen LogP contribution in [-0.2, 0) is 15.8 Å². The van der Waals surface area contributed by atoms with Gasteiger partial charge in [-0.2, -0.15) is 0 Å².